The summed E-state index contributed by atoms with van der Waals surface area (Å²) < 4.78 is 102. The summed E-state index contributed by atoms with van der Waals surface area (Å²) in [5.74, 6) is -2.54. The number of ether oxygens (including phenoxy) is 1. The number of methoxy groups -OCH3 is 1. The molecule has 1 amide bonds. The highest BCUT2D eigenvalue weighted by molar-refractivity contribution is 6.00. The summed E-state index contributed by atoms with van der Waals surface area (Å²) in [5.41, 5.74) is -0.0432. The SMILES string of the molecule is COc1cccc(CCN2CCC[C@H](F)C2)c1-c1cccc2c(C[C@H](NC(=O)C3(C(F)(F)F)CCN(CC(F)(F)F)CC3)C(=O)O)cccc12. The molecule has 0 saturated carbocycles. The van der Waals surface area contributed by atoms with Crippen molar-refractivity contribution in [1.29, 1.82) is 0 Å². The van der Waals surface area contributed by atoms with Crippen molar-refractivity contribution in [2.24, 2.45) is 5.41 Å². The average molecular weight is 712 g/mol. The van der Waals surface area contributed by atoms with Crippen LogP contribution in [0.1, 0.15) is 36.8 Å². The molecule has 2 aliphatic heterocycles. The molecule has 7 nitrogen and oxygen atoms in total. The number of amides is 1. The molecule has 2 heterocycles. The fourth-order valence-electron chi connectivity index (χ4n) is 7.21. The number of fused-ring (bicyclic) bond motifs is 1. The number of carboxylic acid groups (broad SMARTS) is 1. The normalized spacial score (nSPS) is 19.6. The molecule has 0 unspecified atom stereocenters. The van der Waals surface area contributed by atoms with Crippen molar-refractivity contribution in [3.8, 4) is 16.9 Å². The number of alkyl halides is 7. The molecule has 2 N–H and O–H groups in total. The van der Waals surface area contributed by atoms with E-state index in [4.69, 9.17) is 4.74 Å². The Balaban J connectivity index is 1.42. The molecule has 0 bridgehead atoms. The fourth-order valence-corrected chi connectivity index (χ4v) is 7.21. The summed E-state index contributed by atoms with van der Waals surface area (Å²) in [6.07, 6.45) is -10.9. The quantitative estimate of drug-likeness (QED) is 0.213. The maximum absolute atomic E-state index is 14.4. The summed E-state index contributed by atoms with van der Waals surface area (Å²) >= 11 is 0. The number of likely N-dealkylation sites (tertiary alicyclic amines) is 2. The Morgan fingerprint density at radius 1 is 0.940 bits per heavy atom. The van der Waals surface area contributed by atoms with Gasteiger partial charge in [0, 0.05) is 25.1 Å². The van der Waals surface area contributed by atoms with Crippen LogP contribution in [0.4, 0.5) is 30.7 Å². The molecule has 0 radical (unpaired) electrons. The number of aliphatic carboxylic acids is 1. The molecule has 14 heteroatoms. The van der Waals surface area contributed by atoms with Gasteiger partial charge in [0.05, 0.1) is 13.7 Å². The topological polar surface area (TPSA) is 82.1 Å². The lowest BCUT2D eigenvalue weighted by molar-refractivity contribution is -0.236. The molecule has 272 valence electrons. The van der Waals surface area contributed by atoms with Crippen molar-refractivity contribution >= 4 is 22.6 Å². The predicted octanol–water partition coefficient (Wildman–Crippen LogP) is 6.81. The van der Waals surface area contributed by atoms with Crippen LogP contribution in [0.15, 0.2) is 54.6 Å². The number of piperidine rings is 2. The first-order chi connectivity index (χ1) is 23.6. The lowest BCUT2D eigenvalue weighted by Crippen LogP contribution is -2.59. The van der Waals surface area contributed by atoms with Crippen LogP contribution in [0.25, 0.3) is 21.9 Å². The van der Waals surface area contributed by atoms with Crippen LogP contribution >= 0.6 is 0 Å². The Bertz CT molecular complexity index is 1670. The van der Waals surface area contributed by atoms with Gasteiger partial charge in [-0.2, -0.15) is 26.3 Å². The van der Waals surface area contributed by atoms with E-state index >= 15 is 0 Å². The molecule has 50 heavy (non-hydrogen) atoms. The van der Waals surface area contributed by atoms with Crippen molar-refractivity contribution < 1.29 is 50.2 Å². The molecule has 0 aliphatic carbocycles. The first-order valence-electron chi connectivity index (χ1n) is 16.5. The standard InChI is InChI=1S/C36H40F7N3O4/c1-50-30-12-3-6-23(13-17-45-16-5-8-25(37)21-45)31(30)28-11-4-9-26-24(7-2-10-27(26)28)20-29(32(47)48)44-33(49)34(36(41,42)43)14-18-46(19-15-34)22-35(38,39)40/h2-4,6-7,9-12,25,29H,5,8,13-22H2,1H3,(H,44,49)(H,47,48)/t25-,29-/m0/s1. The van der Waals surface area contributed by atoms with E-state index in [-0.39, 0.29) is 6.42 Å². The van der Waals surface area contributed by atoms with Crippen LogP contribution in [-0.2, 0) is 22.4 Å². The minimum absolute atomic E-state index is 0.353. The van der Waals surface area contributed by atoms with E-state index in [0.29, 0.717) is 42.6 Å². The first kappa shape index (κ1) is 37.3. The smallest absolute Gasteiger partial charge is 0.403 e. The molecule has 3 aromatic carbocycles. The summed E-state index contributed by atoms with van der Waals surface area (Å²) in [6.45, 7) is -0.850. The highest BCUT2D eigenvalue weighted by atomic mass is 19.4. The second kappa shape index (κ2) is 15.1. The molecule has 0 aromatic heterocycles. The van der Waals surface area contributed by atoms with Crippen LogP contribution in [-0.4, -0.2) is 97.7 Å². The Labute approximate surface area is 285 Å². The van der Waals surface area contributed by atoms with E-state index < -0.39 is 74.3 Å². The van der Waals surface area contributed by atoms with Crippen molar-refractivity contribution in [3.05, 3.63) is 65.7 Å². The molecule has 5 rings (SSSR count). The minimum Gasteiger partial charge on any atom is -0.496 e. The van der Waals surface area contributed by atoms with E-state index in [0.717, 1.165) is 39.9 Å². The fraction of sp³-hybridized carbons (Fsp3) is 0.500. The van der Waals surface area contributed by atoms with Crippen LogP contribution in [0, 0.1) is 5.41 Å². The summed E-state index contributed by atoms with van der Waals surface area (Å²) in [5, 5.41) is 13.5. The lowest BCUT2D eigenvalue weighted by atomic mass is 9.76. The third-order valence-corrected chi connectivity index (χ3v) is 9.88. The van der Waals surface area contributed by atoms with E-state index in [1.54, 1.807) is 31.4 Å². The van der Waals surface area contributed by atoms with Crippen molar-refractivity contribution in [3.63, 3.8) is 0 Å². The zero-order valence-corrected chi connectivity index (χ0v) is 27.5. The summed E-state index contributed by atoms with van der Waals surface area (Å²) in [4.78, 5) is 28.6. The van der Waals surface area contributed by atoms with Gasteiger partial charge in [0.2, 0.25) is 5.91 Å². The molecular weight excluding hydrogens is 671 g/mol. The number of carbonyl (C=O) groups is 2. The van der Waals surface area contributed by atoms with Gasteiger partial charge in [-0.25, -0.2) is 9.18 Å². The molecule has 2 fully saturated rings. The molecule has 3 aromatic rings. The highest BCUT2D eigenvalue weighted by Gasteiger charge is 2.61. The van der Waals surface area contributed by atoms with Gasteiger partial charge in [-0.1, -0.05) is 48.5 Å². The molecule has 0 spiro atoms. The van der Waals surface area contributed by atoms with Gasteiger partial charge in [-0.3, -0.25) is 9.69 Å². The second-order valence-electron chi connectivity index (χ2n) is 13.1. The summed E-state index contributed by atoms with van der Waals surface area (Å²) in [6, 6.07) is 14.5. The van der Waals surface area contributed by atoms with Gasteiger partial charge in [0.15, 0.2) is 0 Å². The monoisotopic (exact) mass is 711 g/mol. The zero-order chi connectivity index (χ0) is 36.3. The Morgan fingerprint density at radius 2 is 1.60 bits per heavy atom. The Kier molecular flexibility index (Phi) is 11.3. The maximum Gasteiger partial charge on any atom is 0.403 e. The van der Waals surface area contributed by atoms with Gasteiger partial charge in [-0.15, -0.1) is 0 Å². The number of benzene rings is 3. The van der Waals surface area contributed by atoms with Crippen LogP contribution in [0.2, 0.25) is 0 Å². The number of nitrogens with zero attached hydrogens (tertiary/aromatic N) is 2. The number of rotatable bonds is 11. The maximum atomic E-state index is 14.4. The average Bonchev–Trinajstić information content (AvgIpc) is 3.05. The second-order valence-corrected chi connectivity index (χ2v) is 13.1. The van der Waals surface area contributed by atoms with Crippen LogP contribution < -0.4 is 10.1 Å². The number of hydrogen-bond donors (Lipinski definition) is 2. The van der Waals surface area contributed by atoms with Crippen molar-refractivity contribution in [1.82, 2.24) is 15.1 Å². The van der Waals surface area contributed by atoms with Crippen molar-refractivity contribution in [2.75, 3.05) is 46.4 Å². The highest BCUT2D eigenvalue weighted by Crippen LogP contribution is 2.47. The molecular formula is C36H40F7N3O4. The van der Waals surface area contributed by atoms with Gasteiger partial charge in [-0.05, 0) is 85.3 Å². The molecule has 2 saturated heterocycles. The predicted molar refractivity (Wildman–Crippen MR) is 174 cm³/mol. The third kappa shape index (κ3) is 8.34. The van der Waals surface area contributed by atoms with Gasteiger partial charge in [0.1, 0.15) is 23.4 Å². The van der Waals surface area contributed by atoms with Gasteiger partial charge >= 0.3 is 18.3 Å². The molecule has 2 aliphatic rings. The van der Waals surface area contributed by atoms with Gasteiger partial charge < -0.3 is 20.1 Å². The van der Waals surface area contributed by atoms with Crippen LogP contribution in [0.3, 0.4) is 0 Å². The zero-order valence-electron chi connectivity index (χ0n) is 27.5. The first-order valence-corrected chi connectivity index (χ1v) is 16.5. The van der Waals surface area contributed by atoms with E-state index in [1.165, 1.54) is 0 Å². The number of halogens is 7. The van der Waals surface area contributed by atoms with Crippen LogP contribution in [0.5, 0.6) is 5.75 Å². The Morgan fingerprint density at radius 3 is 2.24 bits per heavy atom. The number of nitrogens with one attached hydrogen (secondary N) is 1. The van der Waals surface area contributed by atoms with Crippen molar-refractivity contribution in [2.45, 2.75) is 63.1 Å². The molecule has 2 atom stereocenters. The van der Waals surface area contributed by atoms with E-state index in [2.05, 4.69) is 10.2 Å². The summed E-state index contributed by atoms with van der Waals surface area (Å²) in [7, 11) is 1.55. The Hall–Kier alpha value is -3.91. The number of hydrogen-bond acceptors (Lipinski definition) is 5. The largest absolute Gasteiger partial charge is 0.496 e. The number of carboxylic acids is 1. The minimum atomic E-state index is -5.12. The third-order valence-electron chi connectivity index (χ3n) is 9.88. The van der Waals surface area contributed by atoms with E-state index in [9.17, 15) is 45.4 Å². The van der Waals surface area contributed by atoms with Gasteiger partial charge in [0.25, 0.3) is 0 Å². The lowest BCUT2D eigenvalue weighted by Gasteiger charge is -2.42. The number of carbonyl (C=O) groups excluding carboxylic acids is 1. The van der Waals surface area contributed by atoms with E-state index in [1.807, 2.05) is 30.3 Å².